The van der Waals surface area contributed by atoms with Crippen LogP contribution in [-0.2, 0) is 14.5 Å². The fourth-order valence-electron chi connectivity index (χ4n) is 4.04. The SMILES string of the molecule is C=C(c1c(C)c(C(=O)OOC(C)C)cc2cc(-c3cccc(OC)c3)cn12)N1CCOCC1. The summed E-state index contributed by atoms with van der Waals surface area (Å²) in [4.78, 5) is 25.3. The van der Waals surface area contributed by atoms with E-state index in [1.807, 2.05) is 57.2 Å². The number of rotatable bonds is 7. The predicted molar refractivity (Wildman–Crippen MR) is 127 cm³/mol. The maximum absolute atomic E-state index is 12.9. The van der Waals surface area contributed by atoms with Crippen molar-refractivity contribution in [2.45, 2.75) is 26.9 Å². The molecule has 1 aliphatic heterocycles. The molecule has 0 unspecified atom stereocenters. The van der Waals surface area contributed by atoms with Gasteiger partial charge in [0.05, 0.1) is 43.4 Å². The largest absolute Gasteiger partial charge is 0.497 e. The molecule has 0 atom stereocenters. The van der Waals surface area contributed by atoms with Crippen LogP contribution in [0.1, 0.15) is 35.5 Å². The first kappa shape index (κ1) is 22.9. The summed E-state index contributed by atoms with van der Waals surface area (Å²) >= 11 is 0. The molecule has 1 saturated heterocycles. The van der Waals surface area contributed by atoms with E-state index >= 15 is 0 Å². The summed E-state index contributed by atoms with van der Waals surface area (Å²) in [6.07, 6.45) is 1.84. The Hall–Kier alpha value is -3.29. The van der Waals surface area contributed by atoms with E-state index in [2.05, 4.69) is 22.1 Å². The van der Waals surface area contributed by atoms with Gasteiger partial charge in [-0.2, -0.15) is 4.89 Å². The van der Waals surface area contributed by atoms with Gasteiger partial charge in [-0.15, -0.1) is 0 Å². The molecule has 0 spiro atoms. The van der Waals surface area contributed by atoms with Gasteiger partial charge in [0.2, 0.25) is 0 Å². The monoisotopic (exact) mass is 450 g/mol. The van der Waals surface area contributed by atoms with Crippen LogP contribution >= 0.6 is 0 Å². The molecule has 3 aromatic rings. The molecule has 4 rings (SSSR count). The predicted octanol–water partition coefficient (Wildman–Crippen LogP) is 4.72. The van der Waals surface area contributed by atoms with Crippen molar-refractivity contribution < 1.29 is 24.0 Å². The highest BCUT2D eigenvalue weighted by atomic mass is 17.2. The number of ether oxygens (including phenoxy) is 2. The Kier molecular flexibility index (Phi) is 6.72. The second kappa shape index (κ2) is 9.68. The van der Waals surface area contributed by atoms with Gasteiger partial charge in [0.15, 0.2) is 0 Å². The van der Waals surface area contributed by atoms with Gasteiger partial charge in [-0.25, -0.2) is 4.79 Å². The number of fused-ring (bicyclic) bond motifs is 1. The lowest BCUT2D eigenvalue weighted by Gasteiger charge is -2.31. The number of carbonyl (C=O) groups excluding carboxylic acids is 1. The van der Waals surface area contributed by atoms with Crippen LogP contribution in [0.4, 0.5) is 0 Å². The van der Waals surface area contributed by atoms with Gasteiger partial charge in [0, 0.05) is 30.4 Å². The molecule has 1 aliphatic rings. The van der Waals surface area contributed by atoms with Gasteiger partial charge in [-0.3, -0.25) is 4.89 Å². The Morgan fingerprint density at radius 3 is 2.58 bits per heavy atom. The molecular weight excluding hydrogens is 420 g/mol. The molecule has 7 nitrogen and oxygen atoms in total. The van der Waals surface area contributed by atoms with Gasteiger partial charge in [-0.1, -0.05) is 18.7 Å². The zero-order valence-corrected chi connectivity index (χ0v) is 19.6. The van der Waals surface area contributed by atoms with E-state index in [1.54, 1.807) is 7.11 Å². The average molecular weight is 451 g/mol. The standard InChI is InChI=1S/C26H30N2O5/c1-17(2)32-33-26(29)24-15-22-13-21(20-7-6-8-23(14-20)30-5)16-28(22)25(18(24)3)19(4)27-9-11-31-12-10-27/h6-8,13-17H,4,9-12H2,1-3,5H3. The Balaban J connectivity index is 1.85. The summed E-state index contributed by atoms with van der Waals surface area (Å²) in [5, 5.41) is 0. The highest BCUT2D eigenvalue weighted by molar-refractivity contribution is 5.94. The van der Waals surface area contributed by atoms with E-state index in [-0.39, 0.29) is 6.10 Å². The maximum Gasteiger partial charge on any atom is 0.373 e. The van der Waals surface area contributed by atoms with Crippen molar-refractivity contribution in [3.05, 3.63) is 66.0 Å². The van der Waals surface area contributed by atoms with Gasteiger partial charge in [-0.05, 0) is 56.2 Å². The smallest absolute Gasteiger partial charge is 0.373 e. The molecule has 1 aromatic carbocycles. The van der Waals surface area contributed by atoms with E-state index in [4.69, 9.17) is 19.2 Å². The number of hydrogen-bond acceptors (Lipinski definition) is 6. The highest BCUT2D eigenvalue weighted by Crippen LogP contribution is 2.32. The van der Waals surface area contributed by atoms with Crippen LogP contribution in [0, 0.1) is 6.92 Å². The second-order valence-corrected chi connectivity index (χ2v) is 8.35. The Bertz CT molecular complexity index is 1170. The minimum atomic E-state index is -0.524. The summed E-state index contributed by atoms with van der Waals surface area (Å²) in [6.45, 7) is 12.7. The first-order valence-corrected chi connectivity index (χ1v) is 11.1. The van der Waals surface area contributed by atoms with Crippen molar-refractivity contribution in [1.82, 2.24) is 9.30 Å². The van der Waals surface area contributed by atoms with Crippen LogP contribution in [0.5, 0.6) is 5.75 Å². The number of aromatic nitrogens is 1. The summed E-state index contributed by atoms with van der Waals surface area (Å²) in [6, 6.07) is 11.8. The van der Waals surface area contributed by atoms with Crippen molar-refractivity contribution >= 4 is 17.2 Å². The van der Waals surface area contributed by atoms with E-state index in [1.165, 1.54) is 0 Å². The maximum atomic E-state index is 12.9. The normalized spacial score (nSPS) is 14.0. The van der Waals surface area contributed by atoms with Crippen LogP contribution < -0.4 is 4.74 Å². The Labute approximate surface area is 194 Å². The number of hydrogen-bond donors (Lipinski definition) is 0. The van der Waals surface area contributed by atoms with Crippen molar-refractivity contribution in [1.29, 1.82) is 0 Å². The quantitative estimate of drug-likeness (QED) is 0.383. The topological polar surface area (TPSA) is 61.6 Å². The molecule has 0 bridgehead atoms. The molecule has 0 aliphatic carbocycles. The van der Waals surface area contributed by atoms with Crippen molar-refractivity contribution in [2.24, 2.45) is 0 Å². The number of nitrogens with zero attached hydrogens (tertiary/aromatic N) is 2. The summed E-state index contributed by atoms with van der Waals surface area (Å²) < 4.78 is 13.0. The second-order valence-electron chi connectivity index (χ2n) is 8.35. The van der Waals surface area contributed by atoms with Crippen molar-refractivity contribution in [2.75, 3.05) is 33.4 Å². The minimum absolute atomic E-state index is 0.228. The molecule has 0 radical (unpaired) electrons. The van der Waals surface area contributed by atoms with Crippen LogP contribution in [0.3, 0.4) is 0 Å². The van der Waals surface area contributed by atoms with E-state index in [9.17, 15) is 4.79 Å². The number of benzene rings is 1. The number of methoxy groups -OCH3 is 1. The summed E-state index contributed by atoms with van der Waals surface area (Å²) in [5.74, 6) is 0.260. The average Bonchev–Trinajstić information content (AvgIpc) is 3.26. The lowest BCUT2D eigenvalue weighted by molar-refractivity contribution is -0.265. The van der Waals surface area contributed by atoms with E-state index in [0.29, 0.717) is 18.8 Å². The van der Waals surface area contributed by atoms with Gasteiger partial charge in [0.25, 0.3) is 0 Å². The van der Waals surface area contributed by atoms with Crippen LogP contribution in [0.15, 0.2) is 49.2 Å². The van der Waals surface area contributed by atoms with Gasteiger partial charge >= 0.3 is 5.97 Å². The fourth-order valence-corrected chi connectivity index (χ4v) is 4.04. The first-order chi connectivity index (χ1) is 15.9. The zero-order chi connectivity index (χ0) is 23.5. The summed E-state index contributed by atoms with van der Waals surface area (Å²) in [7, 11) is 1.65. The highest BCUT2D eigenvalue weighted by Gasteiger charge is 2.24. The Morgan fingerprint density at radius 2 is 1.88 bits per heavy atom. The first-order valence-electron chi connectivity index (χ1n) is 11.1. The molecule has 3 heterocycles. The minimum Gasteiger partial charge on any atom is -0.497 e. The lowest BCUT2D eigenvalue weighted by Crippen LogP contribution is -2.35. The van der Waals surface area contributed by atoms with Gasteiger partial charge < -0.3 is 18.8 Å². The third-order valence-electron chi connectivity index (χ3n) is 5.75. The molecule has 33 heavy (non-hydrogen) atoms. The van der Waals surface area contributed by atoms with E-state index in [0.717, 1.165) is 52.4 Å². The van der Waals surface area contributed by atoms with Gasteiger partial charge in [0.1, 0.15) is 5.75 Å². The molecule has 2 aromatic heterocycles. The number of morpholine rings is 1. The lowest BCUT2D eigenvalue weighted by atomic mass is 10.0. The molecule has 7 heteroatoms. The molecule has 0 amide bonds. The molecular formula is C26H30N2O5. The third kappa shape index (κ3) is 4.74. The molecule has 1 fully saturated rings. The molecule has 0 saturated carbocycles. The fraction of sp³-hybridized carbons (Fsp3) is 0.346. The molecule has 0 N–H and O–H groups in total. The molecule has 174 valence electrons. The zero-order valence-electron chi connectivity index (χ0n) is 19.6. The van der Waals surface area contributed by atoms with Crippen LogP contribution in [0.2, 0.25) is 0 Å². The van der Waals surface area contributed by atoms with Crippen LogP contribution in [0.25, 0.3) is 22.3 Å². The number of pyridine rings is 1. The van der Waals surface area contributed by atoms with Crippen molar-refractivity contribution in [3.8, 4) is 16.9 Å². The summed E-state index contributed by atoms with van der Waals surface area (Å²) in [5.41, 5.74) is 5.82. The third-order valence-corrected chi connectivity index (χ3v) is 5.75. The van der Waals surface area contributed by atoms with E-state index < -0.39 is 5.97 Å². The van der Waals surface area contributed by atoms with Crippen LogP contribution in [-0.4, -0.2) is 54.8 Å². The Morgan fingerprint density at radius 1 is 1.12 bits per heavy atom. The number of carbonyl (C=O) groups is 1. The van der Waals surface area contributed by atoms with Crippen molar-refractivity contribution in [3.63, 3.8) is 0 Å².